The van der Waals surface area contributed by atoms with Gasteiger partial charge in [0.15, 0.2) is 0 Å². The van der Waals surface area contributed by atoms with Crippen LogP contribution in [0.2, 0.25) is 10.0 Å². The minimum atomic E-state index is -3.41. The maximum atomic E-state index is 12.2. The highest BCUT2D eigenvalue weighted by molar-refractivity contribution is 7.89. The van der Waals surface area contributed by atoms with Crippen LogP contribution in [0.3, 0.4) is 0 Å². The third-order valence-corrected chi connectivity index (χ3v) is 5.73. The van der Waals surface area contributed by atoms with Crippen LogP contribution in [0, 0.1) is 5.92 Å². The lowest BCUT2D eigenvalue weighted by Gasteiger charge is -2.20. The molecule has 20 heavy (non-hydrogen) atoms. The molecule has 0 spiro atoms. The highest BCUT2D eigenvalue weighted by atomic mass is 35.5. The molecule has 1 saturated heterocycles. The van der Waals surface area contributed by atoms with Crippen LogP contribution in [-0.2, 0) is 21.2 Å². The number of halogens is 2. The first-order valence-corrected chi connectivity index (χ1v) is 8.66. The number of nitrogens with zero attached hydrogens (tertiary/aromatic N) is 1. The highest BCUT2D eigenvalue weighted by Crippen LogP contribution is 2.25. The Bertz CT molecular complexity index is 631. The summed E-state index contributed by atoms with van der Waals surface area (Å²) in [6, 6.07) is 5.07. The van der Waals surface area contributed by atoms with Crippen molar-refractivity contribution < 1.29 is 13.2 Å². The summed E-state index contributed by atoms with van der Waals surface area (Å²) in [7, 11) is -3.41. The molecule has 0 unspecified atom stereocenters. The Morgan fingerprint density at radius 3 is 2.65 bits per heavy atom. The second-order valence-corrected chi connectivity index (χ2v) is 7.78. The predicted molar refractivity (Wildman–Crippen MR) is 79.4 cm³/mol. The van der Waals surface area contributed by atoms with E-state index in [9.17, 15) is 13.2 Å². The zero-order valence-electron chi connectivity index (χ0n) is 11.0. The lowest BCUT2D eigenvalue weighted by Crippen LogP contribution is -2.37. The topological polar surface area (TPSA) is 54.5 Å². The molecule has 0 radical (unpaired) electrons. The van der Waals surface area contributed by atoms with Crippen LogP contribution >= 0.6 is 23.2 Å². The van der Waals surface area contributed by atoms with E-state index in [1.165, 1.54) is 0 Å². The van der Waals surface area contributed by atoms with Gasteiger partial charge in [-0.05, 0) is 30.5 Å². The summed E-state index contributed by atoms with van der Waals surface area (Å²) in [5.41, 5.74) is 0.786. The molecule has 1 heterocycles. The van der Waals surface area contributed by atoms with Crippen LogP contribution in [-0.4, -0.2) is 30.9 Å². The third-order valence-electron chi connectivity index (χ3n) is 3.31. The van der Waals surface area contributed by atoms with Gasteiger partial charge in [-0.1, -0.05) is 36.2 Å². The molecule has 0 aromatic heterocycles. The number of hydrogen-bond donors (Lipinski definition) is 0. The average Bonchev–Trinajstić information content (AvgIpc) is 2.71. The molecular weight excluding hydrogens is 321 g/mol. The lowest BCUT2D eigenvalue weighted by atomic mass is 10.0. The first-order valence-electron chi connectivity index (χ1n) is 6.29. The summed E-state index contributed by atoms with van der Waals surface area (Å²) < 4.78 is 24.5. The largest absolute Gasteiger partial charge is 0.273 e. The molecule has 2 rings (SSSR count). The van der Waals surface area contributed by atoms with Gasteiger partial charge in [0.1, 0.15) is 0 Å². The van der Waals surface area contributed by atoms with Gasteiger partial charge in [0.2, 0.25) is 15.9 Å². The number of carbonyl (C=O) groups is 1. The molecule has 0 bridgehead atoms. The molecular formula is C13H15Cl2NO3S. The maximum Gasteiger partial charge on any atom is 0.239 e. The summed E-state index contributed by atoms with van der Waals surface area (Å²) >= 11 is 11.9. The highest BCUT2D eigenvalue weighted by Gasteiger charge is 2.34. The summed E-state index contributed by atoms with van der Waals surface area (Å²) in [5, 5.41) is 1.02. The Hall–Kier alpha value is -0.780. The van der Waals surface area contributed by atoms with Gasteiger partial charge in [-0.3, -0.25) is 4.79 Å². The molecule has 1 fully saturated rings. The molecule has 7 heteroatoms. The number of carbonyl (C=O) groups excluding carboxylic acids is 1. The Morgan fingerprint density at radius 2 is 2.10 bits per heavy atom. The number of benzene rings is 1. The van der Waals surface area contributed by atoms with Crippen molar-refractivity contribution >= 4 is 39.1 Å². The zero-order chi connectivity index (χ0) is 14.9. The SMILES string of the molecule is C[C@@H](Cc1ccc(Cl)cc1Cl)C(=O)N1CCCS1(=O)=O. The fourth-order valence-corrected chi connectivity index (χ4v) is 4.30. The third kappa shape index (κ3) is 3.27. The standard InChI is InChI=1S/C13H15Cl2NO3S/c1-9(7-10-3-4-11(14)8-12(10)15)13(17)16-5-2-6-20(16,18)19/h3-4,8-9H,2,5-7H2,1H3/t9-/m0/s1. The summed E-state index contributed by atoms with van der Waals surface area (Å²) in [6.45, 7) is 1.99. The Balaban J connectivity index is 2.12. The number of amides is 1. The van der Waals surface area contributed by atoms with Gasteiger partial charge in [0, 0.05) is 22.5 Å². The molecule has 0 aliphatic carbocycles. The van der Waals surface area contributed by atoms with Crippen molar-refractivity contribution in [3.63, 3.8) is 0 Å². The molecule has 0 saturated carbocycles. The monoisotopic (exact) mass is 335 g/mol. The fraction of sp³-hybridized carbons (Fsp3) is 0.462. The average molecular weight is 336 g/mol. The smallest absolute Gasteiger partial charge is 0.239 e. The molecule has 1 aliphatic heterocycles. The first-order chi connectivity index (χ1) is 9.31. The molecule has 4 nitrogen and oxygen atoms in total. The quantitative estimate of drug-likeness (QED) is 0.853. The molecule has 0 N–H and O–H groups in total. The van der Waals surface area contributed by atoms with Crippen molar-refractivity contribution in [3.05, 3.63) is 33.8 Å². The van der Waals surface area contributed by atoms with Gasteiger partial charge < -0.3 is 0 Å². The van der Waals surface area contributed by atoms with E-state index in [1.807, 2.05) is 0 Å². The van der Waals surface area contributed by atoms with Crippen LogP contribution in [0.15, 0.2) is 18.2 Å². The second kappa shape index (κ2) is 5.92. The van der Waals surface area contributed by atoms with Crippen molar-refractivity contribution in [2.24, 2.45) is 5.92 Å². The molecule has 1 amide bonds. The van der Waals surface area contributed by atoms with E-state index in [4.69, 9.17) is 23.2 Å². The van der Waals surface area contributed by atoms with E-state index >= 15 is 0 Å². The molecule has 1 atom stereocenters. The summed E-state index contributed by atoms with van der Waals surface area (Å²) in [4.78, 5) is 12.2. The first kappa shape index (κ1) is 15.6. The van der Waals surface area contributed by atoms with E-state index in [0.29, 0.717) is 22.9 Å². The normalized spacial score (nSPS) is 19.1. The van der Waals surface area contributed by atoms with Crippen LogP contribution in [0.5, 0.6) is 0 Å². The Morgan fingerprint density at radius 1 is 1.40 bits per heavy atom. The van der Waals surface area contributed by atoms with Crippen LogP contribution in [0.1, 0.15) is 18.9 Å². The number of hydrogen-bond acceptors (Lipinski definition) is 3. The van der Waals surface area contributed by atoms with Crippen LogP contribution in [0.4, 0.5) is 0 Å². The lowest BCUT2D eigenvalue weighted by molar-refractivity contribution is -0.129. The van der Waals surface area contributed by atoms with Gasteiger partial charge in [0.05, 0.1) is 5.75 Å². The van der Waals surface area contributed by atoms with E-state index in [-0.39, 0.29) is 18.2 Å². The molecule has 1 aromatic rings. The molecule has 110 valence electrons. The van der Waals surface area contributed by atoms with E-state index in [0.717, 1.165) is 9.87 Å². The zero-order valence-corrected chi connectivity index (χ0v) is 13.3. The minimum absolute atomic E-state index is 0.0488. The van der Waals surface area contributed by atoms with Gasteiger partial charge in [-0.2, -0.15) is 0 Å². The number of sulfonamides is 1. The van der Waals surface area contributed by atoms with Gasteiger partial charge in [0.25, 0.3) is 0 Å². The van der Waals surface area contributed by atoms with Crippen molar-refractivity contribution in [1.82, 2.24) is 4.31 Å². The summed E-state index contributed by atoms with van der Waals surface area (Å²) in [5.74, 6) is -0.761. The Labute approximate surface area is 128 Å². The Kier molecular flexibility index (Phi) is 4.62. The minimum Gasteiger partial charge on any atom is -0.273 e. The van der Waals surface area contributed by atoms with Crippen LogP contribution in [0.25, 0.3) is 0 Å². The van der Waals surface area contributed by atoms with Crippen LogP contribution < -0.4 is 0 Å². The van der Waals surface area contributed by atoms with Crippen molar-refractivity contribution in [3.8, 4) is 0 Å². The summed E-state index contributed by atoms with van der Waals surface area (Å²) in [6.07, 6.45) is 0.892. The number of rotatable bonds is 3. The fourth-order valence-electron chi connectivity index (χ4n) is 2.24. The van der Waals surface area contributed by atoms with E-state index in [2.05, 4.69) is 0 Å². The van der Waals surface area contributed by atoms with Crippen molar-refractivity contribution in [2.45, 2.75) is 19.8 Å². The van der Waals surface area contributed by atoms with Gasteiger partial charge in [-0.25, -0.2) is 12.7 Å². The van der Waals surface area contributed by atoms with E-state index < -0.39 is 15.9 Å². The molecule has 1 aromatic carbocycles. The van der Waals surface area contributed by atoms with Gasteiger partial charge in [-0.15, -0.1) is 0 Å². The maximum absolute atomic E-state index is 12.2. The predicted octanol–water partition coefficient (Wildman–Crippen LogP) is 2.73. The molecule has 1 aliphatic rings. The van der Waals surface area contributed by atoms with Crippen molar-refractivity contribution in [1.29, 1.82) is 0 Å². The van der Waals surface area contributed by atoms with E-state index in [1.54, 1.807) is 25.1 Å². The van der Waals surface area contributed by atoms with Crippen molar-refractivity contribution in [2.75, 3.05) is 12.3 Å². The van der Waals surface area contributed by atoms with Gasteiger partial charge >= 0.3 is 0 Å². The second-order valence-electron chi connectivity index (χ2n) is 4.92.